The predicted molar refractivity (Wildman–Crippen MR) is 71.7 cm³/mol. The number of nitrogen functional groups attached to an aromatic ring is 1. The van der Waals surface area contributed by atoms with Crippen molar-refractivity contribution in [2.24, 2.45) is 5.73 Å². The molecule has 3 heterocycles. The fraction of sp³-hybridized carbons (Fsp3) is 0.538. The van der Waals surface area contributed by atoms with Crippen LogP contribution in [0.2, 0.25) is 0 Å². The van der Waals surface area contributed by atoms with Crippen molar-refractivity contribution in [3.05, 3.63) is 17.8 Å². The second kappa shape index (κ2) is 4.38. The Bertz CT molecular complexity index is 505. The summed E-state index contributed by atoms with van der Waals surface area (Å²) in [5, 5.41) is 9.82. The molecular formula is C13H18N4O2. The summed E-state index contributed by atoms with van der Waals surface area (Å²) in [5.41, 5.74) is 11.9. The van der Waals surface area contributed by atoms with Crippen LogP contribution in [0.1, 0.15) is 36.0 Å². The molecule has 5 N–H and O–H groups in total. The quantitative estimate of drug-likeness (QED) is 0.708. The van der Waals surface area contributed by atoms with Crippen LogP contribution in [0.25, 0.3) is 0 Å². The predicted octanol–water partition coefficient (Wildman–Crippen LogP) is 0.255. The van der Waals surface area contributed by atoms with E-state index in [0.717, 1.165) is 25.7 Å². The minimum atomic E-state index is -0.514. The fourth-order valence-electron chi connectivity index (χ4n) is 3.35. The number of fused-ring (bicyclic) bond motifs is 2. The van der Waals surface area contributed by atoms with Crippen LogP contribution < -0.4 is 16.4 Å². The number of rotatable bonds is 2. The molecule has 19 heavy (non-hydrogen) atoms. The second-order valence-corrected chi connectivity index (χ2v) is 5.42. The number of primary amides is 1. The number of aliphatic hydroxyl groups is 1. The van der Waals surface area contributed by atoms with Gasteiger partial charge in [-0.3, -0.25) is 4.79 Å². The van der Waals surface area contributed by atoms with Gasteiger partial charge in [-0.15, -0.1) is 0 Å². The number of anilines is 2. The van der Waals surface area contributed by atoms with Crippen LogP contribution in [0.4, 0.5) is 11.5 Å². The van der Waals surface area contributed by atoms with Crippen LogP contribution >= 0.6 is 0 Å². The second-order valence-electron chi connectivity index (χ2n) is 5.42. The van der Waals surface area contributed by atoms with E-state index in [0.29, 0.717) is 17.1 Å². The minimum absolute atomic E-state index is 0.239. The number of aliphatic hydroxyl groups excluding tert-OH is 1. The van der Waals surface area contributed by atoms with Crippen LogP contribution in [0.3, 0.4) is 0 Å². The summed E-state index contributed by atoms with van der Waals surface area (Å²) < 4.78 is 0. The molecule has 2 saturated heterocycles. The molecule has 0 radical (unpaired) electrons. The molecule has 2 atom stereocenters. The maximum atomic E-state index is 11.6. The van der Waals surface area contributed by atoms with E-state index >= 15 is 0 Å². The first-order chi connectivity index (χ1) is 9.06. The number of carbonyl (C=O) groups is 1. The summed E-state index contributed by atoms with van der Waals surface area (Å²) >= 11 is 0. The first-order valence-corrected chi connectivity index (χ1v) is 6.58. The van der Waals surface area contributed by atoms with Crippen LogP contribution in [0, 0.1) is 0 Å². The van der Waals surface area contributed by atoms with Gasteiger partial charge < -0.3 is 21.5 Å². The SMILES string of the molecule is NC(=O)c1cc(N)cnc1N1C2CCC1CC(O)C2. The first-order valence-electron chi connectivity index (χ1n) is 6.58. The standard InChI is InChI=1S/C13H18N4O2/c14-7-3-11(12(15)19)13(16-6-7)17-8-1-2-9(17)5-10(18)4-8/h3,6,8-10,18H,1-2,4-5,14H2,(H2,15,19). The minimum Gasteiger partial charge on any atom is -0.397 e. The van der Waals surface area contributed by atoms with E-state index in [1.807, 2.05) is 0 Å². The van der Waals surface area contributed by atoms with E-state index in [4.69, 9.17) is 11.5 Å². The molecule has 6 heteroatoms. The molecule has 0 spiro atoms. The van der Waals surface area contributed by atoms with Crippen molar-refractivity contribution in [1.82, 2.24) is 4.98 Å². The Balaban J connectivity index is 2.01. The van der Waals surface area contributed by atoms with E-state index < -0.39 is 5.91 Å². The summed E-state index contributed by atoms with van der Waals surface area (Å²) in [4.78, 5) is 18.0. The van der Waals surface area contributed by atoms with Gasteiger partial charge >= 0.3 is 0 Å². The van der Waals surface area contributed by atoms with Crippen molar-refractivity contribution in [1.29, 1.82) is 0 Å². The Kier molecular flexibility index (Phi) is 2.82. The highest BCUT2D eigenvalue weighted by molar-refractivity contribution is 5.98. The number of nitrogens with zero attached hydrogens (tertiary/aromatic N) is 2. The van der Waals surface area contributed by atoms with Gasteiger partial charge in [-0.05, 0) is 31.7 Å². The average Bonchev–Trinajstić information content (AvgIpc) is 2.62. The number of nitrogens with two attached hydrogens (primary N) is 2. The van der Waals surface area contributed by atoms with Gasteiger partial charge in [0.15, 0.2) is 0 Å². The molecule has 2 aliphatic heterocycles. The third-order valence-corrected chi connectivity index (χ3v) is 4.11. The smallest absolute Gasteiger partial charge is 0.252 e. The summed E-state index contributed by atoms with van der Waals surface area (Å²) in [6, 6.07) is 2.06. The third kappa shape index (κ3) is 2.02. The Morgan fingerprint density at radius 2 is 2.00 bits per heavy atom. The Hall–Kier alpha value is -1.82. The van der Waals surface area contributed by atoms with E-state index in [9.17, 15) is 9.90 Å². The normalized spacial score (nSPS) is 29.5. The lowest BCUT2D eigenvalue weighted by Gasteiger charge is -2.38. The summed E-state index contributed by atoms with van der Waals surface area (Å²) in [7, 11) is 0. The fourth-order valence-corrected chi connectivity index (χ4v) is 3.35. The molecule has 2 fully saturated rings. The van der Waals surface area contributed by atoms with Crippen LogP contribution in [0.15, 0.2) is 12.3 Å². The molecule has 3 rings (SSSR count). The lowest BCUT2D eigenvalue weighted by molar-refractivity contribution is 0.0999. The highest BCUT2D eigenvalue weighted by Gasteiger charge is 2.41. The molecule has 2 bridgehead atoms. The van der Waals surface area contributed by atoms with E-state index in [1.165, 1.54) is 0 Å². The van der Waals surface area contributed by atoms with Gasteiger partial charge in [0.2, 0.25) is 0 Å². The zero-order chi connectivity index (χ0) is 13.6. The average molecular weight is 262 g/mol. The van der Waals surface area contributed by atoms with Gasteiger partial charge in [-0.1, -0.05) is 0 Å². The highest BCUT2D eigenvalue weighted by Crippen LogP contribution is 2.39. The van der Waals surface area contributed by atoms with Gasteiger partial charge in [0.05, 0.1) is 23.6 Å². The largest absolute Gasteiger partial charge is 0.397 e. The molecule has 2 aliphatic rings. The molecule has 102 valence electrons. The van der Waals surface area contributed by atoms with Crippen molar-refractivity contribution in [2.75, 3.05) is 10.6 Å². The molecule has 0 aliphatic carbocycles. The van der Waals surface area contributed by atoms with E-state index in [1.54, 1.807) is 12.3 Å². The molecule has 1 aromatic heterocycles. The maximum absolute atomic E-state index is 11.6. The van der Waals surface area contributed by atoms with E-state index in [-0.39, 0.29) is 18.2 Å². The Labute approximate surface area is 111 Å². The first kappa shape index (κ1) is 12.2. The topological polar surface area (TPSA) is 105 Å². The molecule has 0 saturated carbocycles. The van der Waals surface area contributed by atoms with Gasteiger partial charge in [0.25, 0.3) is 5.91 Å². The van der Waals surface area contributed by atoms with Gasteiger partial charge in [-0.25, -0.2) is 4.98 Å². The van der Waals surface area contributed by atoms with Crippen molar-refractivity contribution < 1.29 is 9.90 Å². The number of hydrogen-bond acceptors (Lipinski definition) is 5. The van der Waals surface area contributed by atoms with E-state index in [2.05, 4.69) is 9.88 Å². The maximum Gasteiger partial charge on any atom is 0.252 e. The van der Waals surface area contributed by atoms with Gasteiger partial charge in [-0.2, -0.15) is 0 Å². The number of carbonyl (C=O) groups excluding carboxylic acids is 1. The van der Waals surface area contributed by atoms with Crippen molar-refractivity contribution in [3.8, 4) is 0 Å². The van der Waals surface area contributed by atoms with Crippen molar-refractivity contribution in [3.63, 3.8) is 0 Å². The molecular weight excluding hydrogens is 244 g/mol. The number of amides is 1. The summed E-state index contributed by atoms with van der Waals surface area (Å²) in [6.45, 7) is 0. The molecule has 1 amide bonds. The Morgan fingerprint density at radius 1 is 1.37 bits per heavy atom. The lowest BCUT2D eigenvalue weighted by Crippen LogP contribution is -2.46. The number of hydrogen-bond donors (Lipinski definition) is 3. The molecule has 0 aromatic carbocycles. The lowest BCUT2D eigenvalue weighted by atomic mass is 9.99. The van der Waals surface area contributed by atoms with Crippen molar-refractivity contribution >= 4 is 17.4 Å². The number of aromatic nitrogens is 1. The number of pyridine rings is 1. The molecule has 6 nitrogen and oxygen atoms in total. The highest BCUT2D eigenvalue weighted by atomic mass is 16.3. The van der Waals surface area contributed by atoms with Gasteiger partial charge in [0, 0.05) is 12.1 Å². The number of piperidine rings is 1. The van der Waals surface area contributed by atoms with Gasteiger partial charge in [0.1, 0.15) is 5.82 Å². The Morgan fingerprint density at radius 3 is 2.58 bits per heavy atom. The summed E-state index contributed by atoms with van der Waals surface area (Å²) in [5.74, 6) is 0.0985. The zero-order valence-electron chi connectivity index (χ0n) is 10.6. The van der Waals surface area contributed by atoms with Crippen LogP contribution in [-0.2, 0) is 0 Å². The molecule has 2 unspecified atom stereocenters. The third-order valence-electron chi connectivity index (χ3n) is 4.11. The monoisotopic (exact) mass is 262 g/mol. The summed E-state index contributed by atoms with van der Waals surface area (Å²) in [6.07, 6.45) is 4.78. The van der Waals surface area contributed by atoms with Crippen LogP contribution in [0.5, 0.6) is 0 Å². The molecule has 1 aromatic rings. The van der Waals surface area contributed by atoms with Crippen LogP contribution in [-0.4, -0.2) is 34.2 Å². The van der Waals surface area contributed by atoms with Crippen molar-refractivity contribution in [2.45, 2.75) is 43.9 Å². The zero-order valence-corrected chi connectivity index (χ0v) is 10.6.